The molecule has 0 aliphatic heterocycles. The van der Waals surface area contributed by atoms with Gasteiger partial charge in [-0.1, -0.05) is 18.2 Å². The molecule has 9 heteroatoms. The molecule has 1 aliphatic carbocycles. The predicted molar refractivity (Wildman–Crippen MR) is 114 cm³/mol. The predicted octanol–water partition coefficient (Wildman–Crippen LogP) is 3.43. The Morgan fingerprint density at radius 2 is 2.03 bits per heavy atom. The van der Waals surface area contributed by atoms with Gasteiger partial charge in [0.2, 0.25) is 0 Å². The zero-order chi connectivity index (χ0) is 21.4. The Kier molecular flexibility index (Phi) is 4.70. The van der Waals surface area contributed by atoms with Crippen LogP contribution >= 0.6 is 0 Å². The minimum atomic E-state index is -0.302. The van der Waals surface area contributed by atoms with Crippen LogP contribution in [-0.4, -0.2) is 43.0 Å². The molecular formula is C22H21N7O2. The topological polar surface area (TPSA) is 99.7 Å². The Morgan fingerprint density at radius 3 is 2.84 bits per heavy atom. The van der Waals surface area contributed by atoms with Crippen molar-refractivity contribution in [3.8, 4) is 22.8 Å². The molecule has 2 aromatic carbocycles. The van der Waals surface area contributed by atoms with E-state index in [4.69, 9.17) is 4.74 Å². The normalized spacial score (nSPS) is 13.2. The van der Waals surface area contributed by atoms with Crippen molar-refractivity contribution < 1.29 is 9.53 Å². The van der Waals surface area contributed by atoms with Gasteiger partial charge in [0.05, 0.1) is 13.2 Å². The second-order valence-corrected chi connectivity index (χ2v) is 7.53. The quantitative estimate of drug-likeness (QED) is 0.518. The number of hydrogen-bond donors (Lipinski definition) is 1. The Labute approximate surface area is 178 Å². The molecule has 0 atom stereocenters. The summed E-state index contributed by atoms with van der Waals surface area (Å²) in [5.74, 6) is 1.08. The first-order valence-corrected chi connectivity index (χ1v) is 10.0. The van der Waals surface area contributed by atoms with Gasteiger partial charge in [-0.15, -0.1) is 5.10 Å². The van der Waals surface area contributed by atoms with Crippen molar-refractivity contribution in [1.82, 2.24) is 30.0 Å². The highest BCUT2D eigenvalue weighted by Crippen LogP contribution is 2.36. The number of nitrogens with one attached hydrogen (secondary N) is 1. The van der Waals surface area contributed by atoms with E-state index in [1.165, 1.54) is 0 Å². The number of aryl methyl sites for hydroxylation is 1. The molecular weight excluding hydrogens is 394 g/mol. The molecule has 2 aromatic heterocycles. The number of anilines is 1. The van der Waals surface area contributed by atoms with Crippen molar-refractivity contribution in [3.05, 3.63) is 66.0 Å². The standard InChI is InChI=1S/C22H21N7O2/c1-14-6-9-20(31-2)19(12-14)28-11-10-18(25-28)22(30)23-16-5-3-4-15(13-16)21-24-26-27-29(21)17-7-8-17/h3-6,9-13,17H,7-8H2,1-2H3,(H,23,30). The number of methoxy groups -OCH3 is 1. The number of tetrazole rings is 1. The van der Waals surface area contributed by atoms with E-state index in [-0.39, 0.29) is 5.91 Å². The molecule has 1 fully saturated rings. The summed E-state index contributed by atoms with van der Waals surface area (Å²) in [6.45, 7) is 1.99. The average molecular weight is 415 g/mol. The maximum atomic E-state index is 12.8. The van der Waals surface area contributed by atoms with Gasteiger partial charge in [-0.25, -0.2) is 9.36 Å². The van der Waals surface area contributed by atoms with Crippen molar-refractivity contribution in [2.45, 2.75) is 25.8 Å². The van der Waals surface area contributed by atoms with Crippen LogP contribution in [0.1, 0.15) is 34.9 Å². The summed E-state index contributed by atoms with van der Waals surface area (Å²) < 4.78 is 8.90. The second-order valence-electron chi connectivity index (χ2n) is 7.53. The fraction of sp³-hybridized carbons (Fsp3) is 0.227. The summed E-state index contributed by atoms with van der Waals surface area (Å²) in [5.41, 5.74) is 3.65. The lowest BCUT2D eigenvalue weighted by Crippen LogP contribution is -2.13. The monoisotopic (exact) mass is 415 g/mol. The Balaban J connectivity index is 1.37. The first kappa shape index (κ1) is 19.0. The van der Waals surface area contributed by atoms with Gasteiger partial charge in [0, 0.05) is 17.4 Å². The van der Waals surface area contributed by atoms with E-state index < -0.39 is 0 Å². The van der Waals surface area contributed by atoms with Crippen LogP contribution in [0.5, 0.6) is 5.75 Å². The van der Waals surface area contributed by atoms with E-state index in [1.807, 2.05) is 54.1 Å². The Hall–Kier alpha value is -4.01. The van der Waals surface area contributed by atoms with E-state index in [2.05, 4.69) is 25.9 Å². The van der Waals surface area contributed by atoms with Crippen molar-refractivity contribution in [1.29, 1.82) is 0 Å². The molecule has 1 saturated carbocycles. The van der Waals surface area contributed by atoms with Crippen LogP contribution < -0.4 is 10.1 Å². The molecule has 0 bridgehead atoms. The number of rotatable bonds is 6. The van der Waals surface area contributed by atoms with Crippen molar-refractivity contribution in [3.63, 3.8) is 0 Å². The lowest BCUT2D eigenvalue weighted by Gasteiger charge is -2.09. The van der Waals surface area contributed by atoms with Crippen LogP contribution in [-0.2, 0) is 0 Å². The maximum absolute atomic E-state index is 12.8. The largest absolute Gasteiger partial charge is 0.494 e. The summed E-state index contributed by atoms with van der Waals surface area (Å²) in [5, 5.41) is 19.4. The molecule has 1 amide bonds. The molecule has 1 N–H and O–H groups in total. The average Bonchev–Trinajstić information content (AvgIpc) is 3.30. The van der Waals surface area contributed by atoms with Crippen LogP contribution in [0.2, 0.25) is 0 Å². The molecule has 0 radical (unpaired) electrons. The minimum absolute atomic E-state index is 0.302. The number of ether oxygens (including phenoxy) is 1. The third-order valence-electron chi connectivity index (χ3n) is 5.17. The van der Waals surface area contributed by atoms with Crippen LogP contribution in [0.25, 0.3) is 17.1 Å². The van der Waals surface area contributed by atoms with Gasteiger partial charge in [0.25, 0.3) is 5.91 Å². The summed E-state index contributed by atoms with van der Waals surface area (Å²) in [6, 6.07) is 15.3. The molecule has 0 saturated heterocycles. The van der Waals surface area contributed by atoms with Gasteiger partial charge in [-0.2, -0.15) is 5.10 Å². The van der Waals surface area contributed by atoms with E-state index in [0.29, 0.717) is 29.0 Å². The molecule has 0 spiro atoms. The maximum Gasteiger partial charge on any atom is 0.276 e. The highest BCUT2D eigenvalue weighted by molar-refractivity contribution is 6.03. The third-order valence-corrected chi connectivity index (χ3v) is 5.17. The second kappa shape index (κ2) is 7.67. The first-order chi connectivity index (χ1) is 15.1. The summed E-state index contributed by atoms with van der Waals surface area (Å²) in [7, 11) is 1.61. The number of benzene rings is 2. The van der Waals surface area contributed by atoms with Crippen LogP contribution in [0, 0.1) is 6.92 Å². The van der Waals surface area contributed by atoms with E-state index >= 15 is 0 Å². The highest BCUT2D eigenvalue weighted by atomic mass is 16.5. The fourth-order valence-corrected chi connectivity index (χ4v) is 3.44. The zero-order valence-corrected chi connectivity index (χ0v) is 17.2. The molecule has 1 aliphatic rings. The summed E-state index contributed by atoms with van der Waals surface area (Å²) in [6.07, 6.45) is 3.91. The molecule has 4 aromatic rings. The van der Waals surface area contributed by atoms with Crippen molar-refractivity contribution >= 4 is 11.6 Å². The lowest BCUT2D eigenvalue weighted by molar-refractivity contribution is 0.102. The van der Waals surface area contributed by atoms with Crippen LogP contribution in [0.4, 0.5) is 5.69 Å². The Morgan fingerprint density at radius 1 is 1.16 bits per heavy atom. The molecule has 9 nitrogen and oxygen atoms in total. The van der Waals surface area contributed by atoms with Gasteiger partial charge >= 0.3 is 0 Å². The lowest BCUT2D eigenvalue weighted by atomic mass is 10.2. The number of carbonyl (C=O) groups is 1. The van der Waals surface area contributed by atoms with Gasteiger partial charge in [0.15, 0.2) is 11.5 Å². The molecule has 2 heterocycles. The molecule has 31 heavy (non-hydrogen) atoms. The molecule has 5 rings (SSSR count). The first-order valence-electron chi connectivity index (χ1n) is 10.0. The van der Waals surface area contributed by atoms with Crippen LogP contribution in [0.15, 0.2) is 54.7 Å². The van der Waals surface area contributed by atoms with E-state index in [1.54, 1.807) is 24.1 Å². The van der Waals surface area contributed by atoms with Crippen molar-refractivity contribution in [2.75, 3.05) is 12.4 Å². The molecule has 0 unspecified atom stereocenters. The van der Waals surface area contributed by atoms with E-state index in [0.717, 1.165) is 29.7 Å². The molecule has 156 valence electrons. The van der Waals surface area contributed by atoms with Crippen LogP contribution in [0.3, 0.4) is 0 Å². The Bertz CT molecular complexity index is 1260. The summed E-state index contributed by atoms with van der Waals surface area (Å²) >= 11 is 0. The van der Waals surface area contributed by atoms with Gasteiger partial charge < -0.3 is 10.1 Å². The van der Waals surface area contributed by atoms with Crippen molar-refractivity contribution in [2.24, 2.45) is 0 Å². The van der Waals surface area contributed by atoms with Gasteiger partial charge in [-0.05, 0) is 66.1 Å². The smallest absolute Gasteiger partial charge is 0.276 e. The highest BCUT2D eigenvalue weighted by Gasteiger charge is 2.28. The number of aromatic nitrogens is 6. The number of hydrogen-bond acceptors (Lipinski definition) is 6. The number of nitrogens with zero attached hydrogens (tertiary/aromatic N) is 6. The zero-order valence-electron chi connectivity index (χ0n) is 17.2. The van der Waals surface area contributed by atoms with Gasteiger partial charge in [0.1, 0.15) is 11.4 Å². The number of amides is 1. The number of carbonyl (C=O) groups excluding carboxylic acids is 1. The van der Waals surface area contributed by atoms with Gasteiger partial charge in [-0.3, -0.25) is 4.79 Å². The minimum Gasteiger partial charge on any atom is -0.494 e. The van der Waals surface area contributed by atoms with E-state index in [9.17, 15) is 4.79 Å². The third kappa shape index (κ3) is 3.77. The summed E-state index contributed by atoms with van der Waals surface area (Å²) in [4.78, 5) is 12.8. The SMILES string of the molecule is COc1ccc(C)cc1-n1ccc(C(=O)Nc2cccc(-c3nnnn3C3CC3)c2)n1. The fourth-order valence-electron chi connectivity index (χ4n) is 3.44.